The highest BCUT2D eigenvalue weighted by atomic mass is 16.5. The molecular weight excluding hydrogens is 497 g/mol. The van der Waals surface area contributed by atoms with Crippen molar-refractivity contribution in [2.75, 3.05) is 0 Å². The van der Waals surface area contributed by atoms with Crippen LogP contribution in [0.4, 0.5) is 0 Å². The van der Waals surface area contributed by atoms with Gasteiger partial charge in [0.2, 0.25) is 0 Å². The Kier molecular flexibility index (Phi) is 6.49. The summed E-state index contributed by atoms with van der Waals surface area (Å²) >= 11 is 0. The Balaban J connectivity index is 1.38. The zero-order valence-corrected chi connectivity index (χ0v) is 23.1. The van der Waals surface area contributed by atoms with Gasteiger partial charge in [-0.2, -0.15) is 0 Å². The first-order valence-corrected chi connectivity index (χ1v) is 13.4. The Morgan fingerprint density at radius 2 is 1.18 bits per heavy atom. The SMILES string of the molecule is CC(C)(O)C(C)(C)OBc1ccc(-c2nc(-c3ccccc3)nc(-c3ccc4c(c3)oc3ccccc34)n2)cc1. The summed E-state index contributed by atoms with van der Waals surface area (Å²) in [5.74, 6) is 1.76. The number of hydrogen-bond donors (Lipinski definition) is 1. The number of benzene rings is 4. The summed E-state index contributed by atoms with van der Waals surface area (Å²) in [5, 5.41) is 12.5. The van der Waals surface area contributed by atoms with E-state index in [0.717, 1.165) is 44.1 Å². The molecule has 0 bridgehead atoms. The van der Waals surface area contributed by atoms with Crippen LogP contribution >= 0.6 is 0 Å². The van der Waals surface area contributed by atoms with Gasteiger partial charge in [-0.05, 0) is 45.9 Å². The van der Waals surface area contributed by atoms with Gasteiger partial charge >= 0.3 is 7.48 Å². The number of hydrogen-bond acceptors (Lipinski definition) is 6. The molecule has 4 aromatic carbocycles. The first kappa shape index (κ1) is 25.9. The summed E-state index contributed by atoms with van der Waals surface area (Å²) in [7, 11) is 0.381. The van der Waals surface area contributed by atoms with Gasteiger partial charge in [0, 0.05) is 27.5 Å². The van der Waals surface area contributed by atoms with Crippen LogP contribution < -0.4 is 5.46 Å². The van der Waals surface area contributed by atoms with E-state index in [2.05, 4.69) is 12.1 Å². The molecule has 0 radical (unpaired) electrons. The summed E-state index contributed by atoms with van der Waals surface area (Å²) in [5.41, 5.74) is 3.62. The average Bonchev–Trinajstić information content (AvgIpc) is 3.34. The highest BCUT2D eigenvalue weighted by Crippen LogP contribution is 2.32. The van der Waals surface area contributed by atoms with E-state index in [4.69, 9.17) is 24.0 Å². The minimum Gasteiger partial charge on any atom is -0.456 e. The number of aliphatic hydroxyl groups is 1. The predicted octanol–water partition coefficient (Wildman–Crippen LogP) is 6.31. The van der Waals surface area contributed by atoms with Crippen molar-refractivity contribution < 1.29 is 14.2 Å². The fourth-order valence-corrected chi connectivity index (χ4v) is 4.41. The summed E-state index contributed by atoms with van der Waals surface area (Å²) < 4.78 is 12.2. The van der Waals surface area contributed by atoms with E-state index in [9.17, 15) is 5.11 Å². The van der Waals surface area contributed by atoms with Gasteiger partial charge in [0.15, 0.2) is 17.5 Å². The van der Waals surface area contributed by atoms with Gasteiger partial charge in [-0.25, -0.2) is 15.0 Å². The quantitative estimate of drug-likeness (QED) is 0.245. The molecule has 0 amide bonds. The average molecular weight is 527 g/mol. The zero-order chi connectivity index (χ0) is 27.9. The van der Waals surface area contributed by atoms with Crippen molar-refractivity contribution in [2.24, 2.45) is 0 Å². The third-order valence-electron chi connectivity index (χ3n) is 7.59. The summed E-state index contributed by atoms with van der Waals surface area (Å²) in [6.45, 7) is 7.29. The van der Waals surface area contributed by atoms with Crippen LogP contribution in [0.1, 0.15) is 27.7 Å². The van der Waals surface area contributed by atoms with Gasteiger partial charge in [0.05, 0.1) is 11.2 Å². The van der Waals surface area contributed by atoms with Crippen molar-refractivity contribution in [2.45, 2.75) is 38.9 Å². The number of aromatic nitrogens is 3. The van der Waals surface area contributed by atoms with Crippen molar-refractivity contribution >= 4 is 34.9 Å². The molecule has 0 aliphatic carbocycles. The summed E-state index contributed by atoms with van der Waals surface area (Å²) in [6, 6.07) is 32.0. The predicted molar refractivity (Wildman–Crippen MR) is 162 cm³/mol. The van der Waals surface area contributed by atoms with Gasteiger partial charge in [0.1, 0.15) is 11.2 Å². The molecule has 0 spiro atoms. The maximum atomic E-state index is 10.4. The third-order valence-corrected chi connectivity index (χ3v) is 7.59. The van der Waals surface area contributed by atoms with E-state index in [1.54, 1.807) is 13.8 Å². The van der Waals surface area contributed by atoms with Crippen molar-refractivity contribution in [3.05, 3.63) is 97.1 Å². The molecule has 0 saturated heterocycles. The largest absolute Gasteiger partial charge is 0.456 e. The van der Waals surface area contributed by atoms with Gasteiger partial charge in [0.25, 0.3) is 0 Å². The number of nitrogens with zero attached hydrogens (tertiary/aromatic N) is 3. The molecule has 0 unspecified atom stereocenters. The topological polar surface area (TPSA) is 81.3 Å². The molecule has 2 heterocycles. The maximum Gasteiger partial charge on any atom is 0.309 e. The van der Waals surface area contributed by atoms with E-state index < -0.39 is 11.2 Å². The molecular formula is C33H30BN3O3. The molecule has 198 valence electrons. The van der Waals surface area contributed by atoms with Crippen LogP contribution in [0.15, 0.2) is 101 Å². The van der Waals surface area contributed by atoms with E-state index in [0.29, 0.717) is 25.0 Å². The van der Waals surface area contributed by atoms with E-state index in [-0.39, 0.29) is 0 Å². The monoisotopic (exact) mass is 527 g/mol. The van der Waals surface area contributed by atoms with Crippen LogP contribution in [0, 0.1) is 0 Å². The van der Waals surface area contributed by atoms with Crippen molar-refractivity contribution in [1.82, 2.24) is 15.0 Å². The molecule has 0 saturated carbocycles. The van der Waals surface area contributed by atoms with Crippen molar-refractivity contribution in [1.29, 1.82) is 0 Å². The normalized spacial score (nSPS) is 12.2. The van der Waals surface area contributed by atoms with Crippen LogP contribution in [0.5, 0.6) is 0 Å². The van der Waals surface area contributed by atoms with Gasteiger partial charge < -0.3 is 14.2 Å². The van der Waals surface area contributed by atoms with Crippen LogP contribution in [0.3, 0.4) is 0 Å². The van der Waals surface area contributed by atoms with E-state index >= 15 is 0 Å². The Morgan fingerprint density at radius 3 is 1.85 bits per heavy atom. The molecule has 6 nitrogen and oxygen atoms in total. The van der Waals surface area contributed by atoms with Crippen LogP contribution in [0.25, 0.3) is 56.1 Å². The molecule has 2 aromatic heterocycles. The zero-order valence-electron chi connectivity index (χ0n) is 23.1. The Labute approximate surface area is 234 Å². The molecule has 6 rings (SSSR count). The molecule has 1 N–H and O–H groups in total. The lowest BCUT2D eigenvalue weighted by molar-refractivity contribution is -0.0893. The lowest BCUT2D eigenvalue weighted by Crippen LogP contribution is -2.49. The third kappa shape index (κ3) is 5.01. The summed E-state index contributed by atoms with van der Waals surface area (Å²) in [6.07, 6.45) is 0. The molecule has 0 fully saturated rings. The van der Waals surface area contributed by atoms with Gasteiger partial charge in [-0.15, -0.1) is 0 Å². The van der Waals surface area contributed by atoms with Gasteiger partial charge in [-0.3, -0.25) is 0 Å². The van der Waals surface area contributed by atoms with Gasteiger partial charge in [-0.1, -0.05) is 84.3 Å². The summed E-state index contributed by atoms with van der Waals surface area (Å²) in [4.78, 5) is 14.6. The number of furan rings is 1. The van der Waals surface area contributed by atoms with Crippen LogP contribution in [-0.2, 0) is 4.65 Å². The maximum absolute atomic E-state index is 10.4. The number of fused-ring (bicyclic) bond motifs is 3. The lowest BCUT2D eigenvalue weighted by atomic mass is 9.82. The minimum atomic E-state index is -0.965. The lowest BCUT2D eigenvalue weighted by Gasteiger charge is -2.37. The first-order valence-electron chi connectivity index (χ1n) is 13.4. The Morgan fingerprint density at radius 1 is 0.625 bits per heavy atom. The van der Waals surface area contributed by atoms with Crippen molar-refractivity contribution in [3.63, 3.8) is 0 Å². The molecule has 0 aliphatic heterocycles. The molecule has 40 heavy (non-hydrogen) atoms. The fraction of sp³-hybridized carbons (Fsp3) is 0.182. The Bertz CT molecular complexity index is 1810. The molecule has 0 atom stereocenters. The van der Waals surface area contributed by atoms with Crippen molar-refractivity contribution in [3.8, 4) is 34.2 Å². The van der Waals surface area contributed by atoms with Crippen LogP contribution in [-0.4, -0.2) is 38.7 Å². The minimum absolute atomic E-state index is 0.381. The second-order valence-electron chi connectivity index (χ2n) is 11.0. The molecule has 7 heteroatoms. The highest BCUT2D eigenvalue weighted by molar-refractivity contribution is 6.47. The molecule has 6 aromatic rings. The Hall–Kier alpha value is -4.33. The number of rotatable bonds is 7. The van der Waals surface area contributed by atoms with E-state index in [1.165, 1.54) is 0 Å². The smallest absolute Gasteiger partial charge is 0.309 e. The second kappa shape index (κ2) is 10.0. The highest BCUT2D eigenvalue weighted by Gasteiger charge is 2.35. The second-order valence-corrected chi connectivity index (χ2v) is 11.0. The van der Waals surface area contributed by atoms with E-state index in [1.807, 2.05) is 98.8 Å². The fourth-order valence-electron chi connectivity index (χ4n) is 4.41. The first-order chi connectivity index (χ1) is 19.2. The molecule has 0 aliphatic rings. The standard InChI is InChI=1S/C33H30BN3O3/c1-32(2,38)33(3,4)40-34-24-17-14-22(15-18-24)30-35-29(21-10-6-5-7-11-21)36-31(37-30)23-16-19-26-25-12-8-9-13-27(25)39-28(26)20-23/h5-20,34,38H,1-4H3. The number of para-hydroxylation sites is 1. The van der Waals surface area contributed by atoms with Crippen LogP contribution in [0.2, 0.25) is 0 Å².